The summed E-state index contributed by atoms with van der Waals surface area (Å²) < 4.78 is 56.7. The zero-order chi connectivity index (χ0) is 22.1. The average molecular weight is 459 g/mol. The van der Waals surface area contributed by atoms with Crippen molar-refractivity contribution < 1.29 is 26.4 Å². The molecule has 1 aromatic rings. The summed E-state index contributed by atoms with van der Waals surface area (Å²) in [5.41, 5.74) is 0.357. The highest BCUT2D eigenvalue weighted by Crippen LogP contribution is 2.24. The molecule has 3 unspecified atom stereocenters. The van der Waals surface area contributed by atoms with Gasteiger partial charge in [0.05, 0.1) is 28.6 Å². The van der Waals surface area contributed by atoms with Gasteiger partial charge in [0.15, 0.2) is 9.84 Å². The summed E-state index contributed by atoms with van der Waals surface area (Å²) in [5, 5.41) is 0. The molecular weight excluding hydrogens is 428 g/mol. The van der Waals surface area contributed by atoms with E-state index in [1.54, 1.807) is 4.90 Å². The Morgan fingerprint density at radius 3 is 2.27 bits per heavy atom. The highest BCUT2D eigenvalue weighted by Gasteiger charge is 2.35. The maximum Gasteiger partial charge on any atom is 0.254 e. The quantitative estimate of drug-likeness (QED) is 0.641. The third-order valence-corrected chi connectivity index (χ3v) is 9.10. The summed E-state index contributed by atoms with van der Waals surface area (Å²) >= 11 is 0. The van der Waals surface area contributed by atoms with Crippen molar-refractivity contribution in [3.05, 3.63) is 29.8 Å². The number of morpholine rings is 1. The molecule has 2 saturated heterocycles. The van der Waals surface area contributed by atoms with Crippen molar-refractivity contribution in [2.24, 2.45) is 0 Å². The van der Waals surface area contributed by atoms with Crippen molar-refractivity contribution >= 4 is 25.8 Å². The largest absolute Gasteiger partial charge is 0.373 e. The smallest absolute Gasteiger partial charge is 0.254 e. The first-order chi connectivity index (χ1) is 14.0. The van der Waals surface area contributed by atoms with E-state index in [0.717, 1.165) is 0 Å². The molecule has 0 aliphatic carbocycles. The van der Waals surface area contributed by atoms with Gasteiger partial charge in [-0.15, -0.1) is 0 Å². The van der Waals surface area contributed by atoms with Gasteiger partial charge in [-0.2, -0.15) is 4.31 Å². The standard InChI is InChI=1S/C20H30N2O6S2/c1-4-10-22(18-9-11-29(24,25)14-18)20(23)17-5-7-19(8-6-17)30(26,27)21-12-15(2)28-16(3)13-21/h5-8,15-16,18H,4,9-14H2,1-3H3. The summed E-state index contributed by atoms with van der Waals surface area (Å²) in [6.07, 6.45) is 0.778. The molecular formula is C20H30N2O6S2. The van der Waals surface area contributed by atoms with Crippen LogP contribution < -0.4 is 0 Å². The van der Waals surface area contributed by atoms with Gasteiger partial charge in [-0.1, -0.05) is 6.92 Å². The Hall–Kier alpha value is -1.49. The summed E-state index contributed by atoms with van der Waals surface area (Å²) in [6, 6.07) is 5.58. The number of sulfonamides is 1. The Balaban J connectivity index is 1.79. The fourth-order valence-corrected chi connectivity index (χ4v) is 7.44. The molecule has 0 spiro atoms. The maximum atomic E-state index is 13.0. The van der Waals surface area contributed by atoms with Crippen molar-refractivity contribution in [3.8, 4) is 0 Å². The second-order valence-electron chi connectivity index (χ2n) is 8.16. The fraction of sp³-hybridized carbons (Fsp3) is 0.650. The molecule has 1 aromatic carbocycles. The Morgan fingerprint density at radius 1 is 1.17 bits per heavy atom. The molecule has 2 aliphatic rings. The molecule has 2 aliphatic heterocycles. The van der Waals surface area contributed by atoms with Gasteiger partial charge in [0.1, 0.15) is 0 Å². The first-order valence-electron chi connectivity index (χ1n) is 10.3. The molecule has 0 bridgehead atoms. The van der Waals surface area contributed by atoms with Crippen LogP contribution in [-0.2, 0) is 24.6 Å². The molecule has 30 heavy (non-hydrogen) atoms. The number of carbonyl (C=O) groups is 1. The van der Waals surface area contributed by atoms with E-state index in [-0.39, 0.29) is 53.6 Å². The van der Waals surface area contributed by atoms with Crippen LogP contribution in [0.1, 0.15) is 44.0 Å². The lowest BCUT2D eigenvalue weighted by Crippen LogP contribution is -2.48. The Morgan fingerprint density at radius 2 is 1.77 bits per heavy atom. The SMILES string of the molecule is CCCN(C(=O)c1ccc(S(=O)(=O)N2CC(C)OC(C)C2)cc1)C1CCS(=O)(=O)C1. The van der Waals surface area contributed by atoms with Crippen LogP contribution in [0.15, 0.2) is 29.2 Å². The number of rotatable bonds is 6. The van der Waals surface area contributed by atoms with Gasteiger partial charge in [-0.3, -0.25) is 4.79 Å². The zero-order valence-electron chi connectivity index (χ0n) is 17.7. The van der Waals surface area contributed by atoms with Gasteiger partial charge in [-0.25, -0.2) is 16.8 Å². The Bertz CT molecular complexity index is 965. The van der Waals surface area contributed by atoms with Crippen molar-refractivity contribution in [1.29, 1.82) is 0 Å². The number of hydrogen-bond donors (Lipinski definition) is 0. The van der Waals surface area contributed by atoms with Crippen LogP contribution >= 0.6 is 0 Å². The molecule has 0 radical (unpaired) electrons. The third kappa shape index (κ3) is 5.04. The van der Waals surface area contributed by atoms with Gasteiger partial charge in [0, 0.05) is 31.2 Å². The number of amides is 1. The summed E-state index contributed by atoms with van der Waals surface area (Å²) in [5.74, 6) is -0.186. The van der Waals surface area contributed by atoms with Crippen molar-refractivity contribution in [2.45, 2.75) is 56.8 Å². The van der Waals surface area contributed by atoms with Gasteiger partial charge < -0.3 is 9.64 Å². The molecule has 3 rings (SSSR count). The number of ether oxygens (including phenoxy) is 1. The fourth-order valence-electron chi connectivity index (χ4n) is 4.12. The van der Waals surface area contributed by atoms with Crippen LogP contribution in [0, 0.1) is 0 Å². The van der Waals surface area contributed by atoms with E-state index in [2.05, 4.69) is 0 Å². The molecule has 168 valence electrons. The number of carbonyl (C=O) groups excluding carboxylic acids is 1. The second kappa shape index (κ2) is 8.94. The van der Waals surface area contributed by atoms with E-state index in [0.29, 0.717) is 24.9 Å². The van der Waals surface area contributed by atoms with Crippen LogP contribution in [-0.4, -0.2) is 81.3 Å². The maximum absolute atomic E-state index is 13.0. The van der Waals surface area contributed by atoms with Gasteiger partial charge in [0.2, 0.25) is 10.0 Å². The van der Waals surface area contributed by atoms with Crippen molar-refractivity contribution in [3.63, 3.8) is 0 Å². The van der Waals surface area contributed by atoms with Crippen LogP contribution in [0.4, 0.5) is 0 Å². The lowest BCUT2D eigenvalue weighted by atomic mass is 10.1. The van der Waals surface area contributed by atoms with Crippen molar-refractivity contribution in [1.82, 2.24) is 9.21 Å². The molecule has 1 amide bonds. The minimum atomic E-state index is -3.68. The van der Waals surface area contributed by atoms with Crippen LogP contribution in [0.2, 0.25) is 0 Å². The monoisotopic (exact) mass is 458 g/mol. The van der Waals surface area contributed by atoms with E-state index >= 15 is 0 Å². The zero-order valence-corrected chi connectivity index (χ0v) is 19.3. The third-order valence-electron chi connectivity index (χ3n) is 5.50. The molecule has 0 N–H and O–H groups in total. The first-order valence-corrected chi connectivity index (χ1v) is 13.6. The highest BCUT2D eigenvalue weighted by molar-refractivity contribution is 7.91. The summed E-state index contributed by atoms with van der Waals surface area (Å²) in [4.78, 5) is 14.8. The minimum absolute atomic E-state index is 0.0153. The molecule has 10 heteroatoms. The Kier molecular flexibility index (Phi) is 6.91. The van der Waals surface area contributed by atoms with Crippen molar-refractivity contribution in [2.75, 3.05) is 31.1 Å². The lowest BCUT2D eigenvalue weighted by Gasteiger charge is -2.34. The number of nitrogens with zero attached hydrogens (tertiary/aromatic N) is 2. The Labute approximate surface area is 179 Å². The first kappa shape index (κ1) is 23.2. The van der Waals surface area contributed by atoms with E-state index in [4.69, 9.17) is 4.74 Å². The summed E-state index contributed by atoms with van der Waals surface area (Å²) in [6.45, 7) is 6.64. The second-order valence-corrected chi connectivity index (χ2v) is 12.3. The molecule has 0 aromatic heterocycles. The predicted octanol–water partition coefficient (Wildman–Crippen LogP) is 1.52. The normalized spacial score (nSPS) is 27.1. The number of hydrogen-bond acceptors (Lipinski definition) is 6. The van der Waals surface area contributed by atoms with Crippen LogP contribution in [0.3, 0.4) is 0 Å². The van der Waals surface area contributed by atoms with E-state index < -0.39 is 19.9 Å². The molecule has 3 atom stereocenters. The molecule has 0 saturated carbocycles. The van der Waals surface area contributed by atoms with E-state index in [1.165, 1.54) is 28.6 Å². The van der Waals surface area contributed by atoms with E-state index in [1.807, 2.05) is 20.8 Å². The lowest BCUT2D eigenvalue weighted by molar-refractivity contribution is -0.0440. The van der Waals surface area contributed by atoms with Crippen LogP contribution in [0.5, 0.6) is 0 Å². The topological polar surface area (TPSA) is 101 Å². The van der Waals surface area contributed by atoms with Crippen LogP contribution in [0.25, 0.3) is 0 Å². The average Bonchev–Trinajstić information content (AvgIpc) is 3.04. The van der Waals surface area contributed by atoms with E-state index in [9.17, 15) is 21.6 Å². The minimum Gasteiger partial charge on any atom is -0.373 e. The highest BCUT2D eigenvalue weighted by atomic mass is 32.2. The summed E-state index contributed by atoms with van der Waals surface area (Å²) in [7, 11) is -6.79. The molecule has 2 fully saturated rings. The van der Waals surface area contributed by atoms with Gasteiger partial charge >= 0.3 is 0 Å². The molecule has 2 heterocycles. The van der Waals surface area contributed by atoms with Gasteiger partial charge in [0.25, 0.3) is 5.91 Å². The predicted molar refractivity (Wildman–Crippen MR) is 114 cm³/mol. The number of sulfone groups is 1. The number of benzene rings is 1. The molecule has 8 nitrogen and oxygen atoms in total. The van der Waals surface area contributed by atoms with Gasteiger partial charge in [-0.05, 0) is 51.0 Å².